The number of hydrogen-bond acceptors (Lipinski definition) is 3. The second-order valence-electron chi connectivity index (χ2n) is 4.84. The molecule has 2 heterocycles. The highest BCUT2D eigenvalue weighted by atomic mass is 32.1. The van der Waals surface area contributed by atoms with Crippen LogP contribution >= 0.6 is 11.3 Å². The maximum Gasteiger partial charge on any atom is 0.0965 e. The topological polar surface area (TPSA) is 22.1 Å². The van der Waals surface area contributed by atoms with Crippen LogP contribution in [-0.2, 0) is 4.74 Å². The number of hydrogen-bond donors (Lipinski definition) is 0. The van der Waals surface area contributed by atoms with Crippen molar-refractivity contribution < 1.29 is 4.74 Å². The van der Waals surface area contributed by atoms with Crippen LogP contribution in [0.5, 0.6) is 0 Å². The molecule has 2 atom stereocenters. The summed E-state index contributed by atoms with van der Waals surface area (Å²) < 4.78 is 5.60. The van der Waals surface area contributed by atoms with Gasteiger partial charge in [-0.3, -0.25) is 0 Å². The SMILES string of the molecule is C[C@@H]1C[C@H](c2nc(-c3ccccc3)cs2)CCO1. The summed E-state index contributed by atoms with van der Waals surface area (Å²) in [5.41, 5.74) is 2.31. The van der Waals surface area contributed by atoms with Crippen LogP contribution in [0.3, 0.4) is 0 Å². The van der Waals surface area contributed by atoms with Gasteiger partial charge in [0.1, 0.15) is 0 Å². The van der Waals surface area contributed by atoms with E-state index in [2.05, 4.69) is 36.6 Å². The zero-order valence-electron chi connectivity index (χ0n) is 10.5. The van der Waals surface area contributed by atoms with Crippen molar-refractivity contribution in [1.82, 2.24) is 4.98 Å². The Labute approximate surface area is 112 Å². The van der Waals surface area contributed by atoms with E-state index >= 15 is 0 Å². The van der Waals surface area contributed by atoms with Gasteiger partial charge in [0.25, 0.3) is 0 Å². The van der Waals surface area contributed by atoms with E-state index < -0.39 is 0 Å². The normalized spacial score (nSPS) is 24.1. The molecular weight excluding hydrogens is 242 g/mol. The largest absolute Gasteiger partial charge is 0.378 e. The Kier molecular flexibility index (Phi) is 3.43. The second kappa shape index (κ2) is 5.21. The molecule has 2 aromatic rings. The Balaban J connectivity index is 1.81. The van der Waals surface area contributed by atoms with Crippen molar-refractivity contribution in [2.45, 2.75) is 31.8 Å². The van der Waals surface area contributed by atoms with Crippen LogP contribution in [0.25, 0.3) is 11.3 Å². The fourth-order valence-electron chi connectivity index (χ4n) is 2.44. The van der Waals surface area contributed by atoms with Crippen molar-refractivity contribution in [3.63, 3.8) is 0 Å². The van der Waals surface area contributed by atoms with E-state index in [4.69, 9.17) is 9.72 Å². The maximum absolute atomic E-state index is 5.60. The van der Waals surface area contributed by atoms with Gasteiger partial charge >= 0.3 is 0 Å². The van der Waals surface area contributed by atoms with Crippen molar-refractivity contribution in [1.29, 1.82) is 0 Å². The zero-order chi connectivity index (χ0) is 12.4. The Morgan fingerprint density at radius 1 is 1.28 bits per heavy atom. The number of nitrogens with zero attached hydrogens (tertiary/aromatic N) is 1. The molecule has 1 fully saturated rings. The zero-order valence-corrected chi connectivity index (χ0v) is 11.3. The predicted molar refractivity (Wildman–Crippen MR) is 74.9 cm³/mol. The molecule has 3 rings (SSSR count). The summed E-state index contributed by atoms with van der Waals surface area (Å²) in [5, 5.41) is 3.44. The van der Waals surface area contributed by atoms with Gasteiger partial charge in [-0.15, -0.1) is 11.3 Å². The first-order valence-corrected chi connectivity index (χ1v) is 7.33. The van der Waals surface area contributed by atoms with Crippen molar-refractivity contribution >= 4 is 11.3 Å². The van der Waals surface area contributed by atoms with Crippen LogP contribution in [0, 0.1) is 0 Å². The van der Waals surface area contributed by atoms with Crippen LogP contribution in [-0.4, -0.2) is 17.7 Å². The molecule has 3 heteroatoms. The Bertz CT molecular complexity index is 508. The highest BCUT2D eigenvalue weighted by Gasteiger charge is 2.23. The molecule has 0 unspecified atom stereocenters. The first-order chi connectivity index (χ1) is 8.83. The third kappa shape index (κ3) is 2.47. The van der Waals surface area contributed by atoms with Crippen LogP contribution in [0.4, 0.5) is 0 Å². The second-order valence-corrected chi connectivity index (χ2v) is 5.73. The highest BCUT2D eigenvalue weighted by molar-refractivity contribution is 7.10. The standard InChI is InChI=1S/C15H17NOS/c1-11-9-13(7-8-17-11)15-16-14(10-18-15)12-5-3-2-4-6-12/h2-6,10-11,13H,7-9H2,1H3/t11-,13-/m1/s1. The lowest BCUT2D eigenvalue weighted by molar-refractivity contribution is 0.0186. The molecule has 0 spiro atoms. The number of benzene rings is 1. The molecule has 1 aliphatic rings. The average Bonchev–Trinajstić information content (AvgIpc) is 2.89. The molecule has 0 radical (unpaired) electrons. The lowest BCUT2D eigenvalue weighted by atomic mass is 9.97. The Morgan fingerprint density at radius 3 is 2.89 bits per heavy atom. The molecule has 1 aromatic carbocycles. The fourth-order valence-corrected chi connectivity index (χ4v) is 3.42. The van der Waals surface area contributed by atoms with E-state index in [0.717, 1.165) is 25.1 Å². The van der Waals surface area contributed by atoms with Gasteiger partial charge < -0.3 is 4.74 Å². The van der Waals surface area contributed by atoms with Gasteiger partial charge in [-0.2, -0.15) is 0 Å². The quantitative estimate of drug-likeness (QED) is 0.810. The minimum atomic E-state index is 0.368. The number of thiazole rings is 1. The van der Waals surface area contributed by atoms with Crippen molar-refractivity contribution in [3.8, 4) is 11.3 Å². The summed E-state index contributed by atoms with van der Waals surface area (Å²) in [6, 6.07) is 10.4. The third-order valence-corrected chi connectivity index (χ3v) is 4.43. The minimum absolute atomic E-state index is 0.368. The van der Waals surface area contributed by atoms with Gasteiger partial charge in [0, 0.05) is 23.5 Å². The van der Waals surface area contributed by atoms with Gasteiger partial charge in [0.15, 0.2) is 0 Å². The number of aromatic nitrogens is 1. The summed E-state index contributed by atoms with van der Waals surface area (Å²) in [4.78, 5) is 4.80. The summed E-state index contributed by atoms with van der Waals surface area (Å²) in [6.07, 6.45) is 2.57. The van der Waals surface area contributed by atoms with Crippen LogP contribution < -0.4 is 0 Å². The van der Waals surface area contributed by atoms with E-state index in [9.17, 15) is 0 Å². The van der Waals surface area contributed by atoms with E-state index in [-0.39, 0.29) is 0 Å². The minimum Gasteiger partial charge on any atom is -0.378 e. The van der Waals surface area contributed by atoms with Crippen molar-refractivity contribution in [3.05, 3.63) is 40.7 Å². The van der Waals surface area contributed by atoms with Gasteiger partial charge in [-0.05, 0) is 19.8 Å². The van der Waals surface area contributed by atoms with Crippen LogP contribution in [0.2, 0.25) is 0 Å². The lowest BCUT2D eigenvalue weighted by Crippen LogP contribution is -2.21. The molecule has 0 bridgehead atoms. The summed E-state index contributed by atoms with van der Waals surface area (Å²) in [5.74, 6) is 0.580. The lowest BCUT2D eigenvalue weighted by Gasteiger charge is -2.25. The van der Waals surface area contributed by atoms with E-state index in [0.29, 0.717) is 12.0 Å². The van der Waals surface area contributed by atoms with Crippen LogP contribution in [0.1, 0.15) is 30.7 Å². The molecule has 1 saturated heterocycles. The van der Waals surface area contributed by atoms with E-state index in [1.165, 1.54) is 10.6 Å². The van der Waals surface area contributed by atoms with Gasteiger partial charge in [-0.1, -0.05) is 30.3 Å². The Hall–Kier alpha value is -1.19. The number of ether oxygens (including phenoxy) is 1. The molecule has 1 aliphatic heterocycles. The van der Waals surface area contributed by atoms with Crippen molar-refractivity contribution in [2.75, 3.05) is 6.61 Å². The average molecular weight is 259 g/mol. The fraction of sp³-hybridized carbons (Fsp3) is 0.400. The Morgan fingerprint density at radius 2 is 2.11 bits per heavy atom. The first kappa shape index (κ1) is 11.9. The molecule has 2 nitrogen and oxygen atoms in total. The molecule has 18 heavy (non-hydrogen) atoms. The van der Waals surface area contributed by atoms with Gasteiger partial charge in [0.2, 0.25) is 0 Å². The number of rotatable bonds is 2. The molecule has 0 aliphatic carbocycles. The van der Waals surface area contributed by atoms with Crippen molar-refractivity contribution in [2.24, 2.45) is 0 Å². The third-order valence-electron chi connectivity index (χ3n) is 3.43. The van der Waals surface area contributed by atoms with Gasteiger partial charge in [0.05, 0.1) is 16.8 Å². The van der Waals surface area contributed by atoms with E-state index in [1.54, 1.807) is 11.3 Å². The van der Waals surface area contributed by atoms with Crippen LogP contribution in [0.15, 0.2) is 35.7 Å². The predicted octanol–water partition coefficient (Wildman–Crippen LogP) is 4.09. The molecule has 94 valence electrons. The molecule has 0 N–H and O–H groups in total. The maximum atomic E-state index is 5.60. The van der Waals surface area contributed by atoms with Gasteiger partial charge in [-0.25, -0.2) is 4.98 Å². The van der Waals surface area contributed by atoms with E-state index in [1.807, 2.05) is 6.07 Å². The first-order valence-electron chi connectivity index (χ1n) is 6.45. The molecule has 0 amide bonds. The molecular formula is C15H17NOS. The molecule has 1 aromatic heterocycles. The summed E-state index contributed by atoms with van der Waals surface area (Å²) >= 11 is 1.79. The summed E-state index contributed by atoms with van der Waals surface area (Å²) in [7, 11) is 0. The summed E-state index contributed by atoms with van der Waals surface area (Å²) in [6.45, 7) is 3.02. The monoisotopic (exact) mass is 259 g/mol. The molecule has 0 saturated carbocycles. The highest BCUT2D eigenvalue weighted by Crippen LogP contribution is 2.33. The smallest absolute Gasteiger partial charge is 0.0965 e.